The van der Waals surface area contributed by atoms with Crippen LogP contribution in [0.2, 0.25) is 0 Å². The summed E-state index contributed by atoms with van der Waals surface area (Å²) in [6.07, 6.45) is 4.40. The van der Waals surface area contributed by atoms with Crippen molar-refractivity contribution in [3.05, 3.63) is 0 Å². The van der Waals surface area contributed by atoms with Gasteiger partial charge in [-0.05, 0) is 80.5 Å². The SMILES string of the molecule is CC(C)CC(C)(Cl)CC(C)C(Cl)C(C)CC(C)(Cl)CC(C)(CC(C)(C)C)C(C)CC(=O)OC=O. The molecule has 7 atom stereocenters. The lowest BCUT2D eigenvalue weighted by molar-refractivity contribution is -0.153. The van der Waals surface area contributed by atoms with Gasteiger partial charge in [0.25, 0.3) is 0 Å². The molecule has 0 heterocycles. The third-order valence-corrected chi connectivity index (χ3v) is 8.42. The van der Waals surface area contributed by atoms with Gasteiger partial charge < -0.3 is 4.74 Å². The Bertz CT molecular complexity index is 639. The van der Waals surface area contributed by atoms with Crippen LogP contribution in [0.1, 0.15) is 115 Å². The molecule has 0 radical (unpaired) electrons. The normalized spacial score (nSPS) is 21.5. The number of alkyl halides is 3. The Balaban J connectivity index is 5.47. The predicted molar refractivity (Wildman–Crippen MR) is 148 cm³/mol. The van der Waals surface area contributed by atoms with Crippen molar-refractivity contribution < 1.29 is 14.3 Å². The summed E-state index contributed by atoms with van der Waals surface area (Å²) >= 11 is 21.0. The number of carbonyl (C=O) groups excluding carboxylic acids is 2. The molecule has 0 saturated carbocycles. The molecule has 0 amide bonds. The van der Waals surface area contributed by atoms with Crippen LogP contribution in [-0.4, -0.2) is 27.6 Å². The van der Waals surface area contributed by atoms with Gasteiger partial charge in [-0.25, -0.2) is 0 Å². The highest BCUT2D eigenvalue weighted by Gasteiger charge is 2.43. The molecule has 0 rings (SSSR count). The standard InChI is InChI=1S/C28H51Cl3O3/c1-19(2)13-27(10,30)14-20(3)24(29)21(4)15-28(11,31)17-26(9,16-25(6,7)8)22(5)12-23(33)34-18-32/h18-22,24H,12-17H2,1-11H3. The van der Waals surface area contributed by atoms with Crippen LogP contribution in [0.25, 0.3) is 0 Å². The first-order valence-corrected chi connectivity index (χ1v) is 14.0. The molecule has 0 aromatic carbocycles. The van der Waals surface area contributed by atoms with Crippen molar-refractivity contribution in [2.24, 2.45) is 34.5 Å². The lowest BCUT2D eigenvalue weighted by Gasteiger charge is -2.45. The molecule has 7 unspecified atom stereocenters. The maximum Gasteiger partial charge on any atom is 0.313 e. The lowest BCUT2D eigenvalue weighted by Crippen LogP contribution is -2.39. The minimum absolute atomic E-state index is 0.00580. The van der Waals surface area contributed by atoms with E-state index >= 15 is 0 Å². The summed E-state index contributed by atoms with van der Waals surface area (Å²) < 4.78 is 4.57. The van der Waals surface area contributed by atoms with Crippen LogP contribution in [0.4, 0.5) is 0 Å². The fourth-order valence-electron chi connectivity index (χ4n) is 6.20. The van der Waals surface area contributed by atoms with Gasteiger partial charge in [-0.1, -0.05) is 62.3 Å². The highest BCUT2D eigenvalue weighted by molar-refractivity contribution is 6.24. The summed E-state index contributed by atoms with van der Waals surface area (Å²) in [7, 11) is 0. The topological polar surface area (TPSA) is 43.4 Å². The van der Waals surface area contributed by atoms with E-state index in [4.69, 9.17) is 34.8 Å². The van der Waals surface area contributed by atoms with E-state index in [1.165, 1.54) is 0 Å². The number of hydrogen-bond donors (Lipinski definition) is 0. The van der Waals surface area contributed by atoms with Crippen LogP contribution in [0.3, 0.4) is 0 Å². The van der Waals surface area contributed by atoms with Crippen molar-refractivity contribution in [1.82, 2.24) is 0 Å². The smallest absolute Gasteiger partial charge is 0.313 e. The number of hydrogen-bond acceptors (Lipinski definition) is 3. The minimum Gasteiger partial charge on any atom is -0.395 e. The van der Waals surface area contributed by atoms with Gasteiger partial charge in [0, 0.05) is 21.5 Å². The Labute approximate surface area is 225 Å². The molecule has 0 saturated heterocycles. The van der Waals surface area contributed by atoms with Crippen LogP contribution >= 0.6 is 34.8 Å². The minimum atomic E-state index is -0.493. The molecular formula is C28H51Cl3O3. The average molecular weight is 542 g/mol. The lowest BCUT2D eigenvalue weighted by atomic mass is 9.63. The van der Waals surface area contributed by atoms with E-state index in [2.05, 4.69) is 80.9 Å². The summed E-state index contributed by atoms with van der Waals surface area (Å²) in [5.41, 5.74) is -0.156. The van der Waals surface area contributed by atoms with Crippen LogP contribution < -0.4 is 0 Å². The summed E-state index contributed by atoms with van der Waals surface area (Å²) in [6, 6.07) is 0. The van der Waals surface area contributed by atoms with Crippen molar-refractivity contribution >= 4 is 47.2 Å². The number of halogens is 3. The first-order valence-electron chi connectivity index (χ1n) is 12.8. The van der Waals surface area contributed by atoms with Gasteiger partial charge in [-0.3, -0.25) is 9.59 Å². The van der Waals surface area contributed by atoms with E-state index in [-0.39, 0.29) is 51.7 Å². The van der Waals surface area contributed by atoms with Crippen LogP contribution in [0, 0.1) is 34.5 Å². The summed E-state index contributed by atoms with van der Waals surface area (Å²) in [6.45, 7) is 24.0. The second-order valence-electron chi connectivity index (χ2n) is 13.5. The molecule has 0 fully saturated rings. The Morgan fingerprint density at radius 3 is 1.71 bits per heavy atom. The number of carbonyl (C=O) groups is 2. The number of ether oxygens (including phenoxy) is 1. The first kappa shape index (κ1) is 34.0. The third-order valence-electron chi connectivity index (χ3n) is 6.96. The van der Waals surface area contributed by atoms with Gasteiger partial charge in [-0.15, -0.1) is 34.8 Å². The highest BCUT2D eigenvalue weighted by Crippen LogP contribution is 2.49. The quantitative estimate of drug-likeness (QED) is 0.0897. The third kappa shape index (κ3) is 13.4. The van der Waals surface area contributed by atoms with E-state index in [9.17, 15) is 9.59 Å². The molecular weight excluding hydrogens is 491 g/mol. The molecule has 3 nitrogen and oxygen atoms in total. The van der Waals surface area contributed by atoms with Crippen LogP contribution in [0.5, 0.6) is 0 Å². The van der Waals surface area contributed by atoms with Gasteiger partial charge >= 0.3 is 12.4 Å². The second-order valence-corrected chi connectivity index (χ2v) is 15.8. The van der Waals surface area contributed by atoms with Gasteiger partial charge in [0.05, 0.1) is 0 Å². The number of esters is 1. The first-order chi connectivity index (χ1) is 15.1. The molecule has 0 aliphatic carbocycles. The van der Waals surface area contributed by atoms with Crippen molar-refractivity contribution in [3.8, 4) is 0 Å². The van der Waals surface area contributed by atoms with Crippen molar-refractivity contribution in [2.45, 2.75) is 130 Å². The van der Waals surface area contributed by atoms with E-state index < -0.39 is 10.8 Å². The Morgan fingerprint density at radius 2 is 1.29 bits per heavy atom. The fourth-order valence-corrected chi connectivity index (χ4v) is 7.48. The van der Waals surface area contributed by atoms with E-state index in [1.807, 2.05) is 0 Å². The molecule has 0 aromatic rings. The molecule has 34 heavy (non-hydrogen) atoms. The van der Waals surface area contributed by atoms with E-state index in [0.29, 0.717) is 5.92 Å². The Hall–Kier alpha value is 0.01000. The monoisotopic (exact) mass is 540 g/mol. The fraction of sp³-hybridized carbons (Fsp3) is 0.929. The van der Waals surface area contributed by atoms with Gasteiger partial charge in [0.15, 0.2) is 0 Å². The summed E-state index contributed by atoms with van der Waals surface area (Å²) in [4.78, 5) is 21.9. The van der Waals surface area contributed by atoms with Crippen molar-refractivity contribution in [2.75, 3.05) is 0 Å². The highest BCUT2D eigenvalue weighted by atomic mass is 35.5. The molecule has 0 aromatic heterocycles. The molecule has 0 aliphatic heterocycles. The zero-order valence-electron chi connectivity index (χ0n) is 23.6. The number of rotatable bonds is 15. The van der Waals surface area contributed by atoms with E-state index in [1.54, 1.807) is 0 Å². The molecule has 202 valence electrons. The van der Waals surface area contributed by atoms with Gasteiger partial charge in [-0.2, -0.15) is 0 Å². The Morgan fingerprint density at radius 1 is 0.824 bits per heavy atom. The maximum absolute atomic E-state index is 12.0. The predicted octanol–water partition coefficient (Wildman–Crippen LogP) is 9.25. The molecule has 0 spiro atoms. The van der Waals surface area contributed by atoms with E-state index in [0.717, 1.165) is 32.1 Å². The summed E-state index contributed by atoms with van der Waals surface area (Å²) in [5, 5.41) is -0.0304. The van der Waals surface area contributed by atoms with Crippen LogP contribution in [0.15, 0.2) is 0 Å². The molecule has 0 N–H and O–H groups in total. The van der Waals surface area contributed by atoms with Crippen molar-refractivity contribution in [3.63, 3.8) is 0 Å². The molecule has 0 aliphatic rings. The molecule has 0 bridgehead atoms. The second kappa shape index (κ2) is 13.5. The summed E-state index contributed by atoms with van der Waals surface area (Å²) in [5.74, 6) is 0.528. The molecule has 6 heteroatoms. The average Bonchev–Trinajstić information content (AvgIpc) is 2.56. The van der Waals surface area contributed by atoms with Crippen molar-refractivity contribution in [1.29, 1.82) is 0 Å². The Kier molecular flexibility index (Phi) is 13.5. The van der Waals surface area contributed by atoms with Gasteiger partial charge in [0.2, 0.25) is 0 Å². The maximum atomic E-state index is 12.0. The largest absolute Gasteiger partial charge is 0.395 e. The zero-order chi connectivity index (χ0) is 27.1. The van der Waals surface area contributed by atoms with Crippen LogP contribution in [-0.2, 0) is 14.3 Å². The zero-order valence-corrected chi connectivity index (χ0v) is 25.8. The van der Waals surface area contributed by atoms with Gasteiger partial charge in [0.1, 0.15) is 0 Å².